The lowest BCUT2D eigenvalue weighted by molar-refractivity contribution is 1.54. The number of rotatable bonds is 1. The van der Waals surface area contributed by atoms with Gasteiger partial charge >= 0.3 is 0 Å². The number of hydrogen-bond acceptors (Lipinski definition) is 2. The van der Waals surface area contributed by atoms with Gasteiger partial charge in [-0.05, 0) is 30.5 Å². The van der Waals surface area contributed by atoms with E-state index in [2.05, 4.69) is 36.5 Å². The Bertz CT molecular complexity index is 403. The summed E-state index contributed by atoms with van der Waals surface area (Å²) in [4.78, 5) is 1.37. The minimum Gasteiger partial charge on any atom is -0.388 e. The maximum Gasteiger partial charge on any atom is 0.0366 e. The molecule has 0 unspecified atom stereocenters. The smallest absolute Gasteiger partial charge is 0.0366 e. The van der Waals surface area contributed by atoms with Gasteiger partial charge in [0.1, 0.15) is 0 Å². The molecule has 0 aliphatic rings. The summed E-state index contributed by atoms with van der Waals surface area (Å²) in [5, 5.41) is 4.48. The number of fused-ring (bicyclic) bond motifs is 1. The lowest BCUT2D eigenvalue weighted by Gasteiger charge is -1.97. The van der Waals surface area contributed by atoms with Gasteiger partial charge < -0.3 is 5.32 Å². The molecule has 2 rings (SSSR count). The fraction of sp³-hybridized carbons (Fsp3) is 0.200. The minimum absolute atomic E-state index is 1.18. The average molecular weight is 177 g/mol. The number of thiophene rings is 1. The Labute approximate surface area is 76.0 Å². The van der Waals surface area contributed by atoms with Crippen LogP contribution in [-0.4, -0.2) is 7.05 Å². The molecule has 1 aromatic carbocycles. The highest BCUT2D eigenvalue weighted by atomic mass is 32.1. The van der Waals surface area contributed by atoms with E-state index in [1.54, 1.807) is 0 Å². The first-order valence-electron chi connectivity index (χ1n) is 3.97. The third kappa shape index (κ3) is 1.18. The molecule has 0 radical (unpaired) electrons. The van der Waals surface area contributed by atoms with Gasteiger partial charge in [-0.3, -0.25) is 0 Å². The van der Waals surface area contributed by atoms with Crippen molar-refractivity contribution in [2.24, 2.45) is 0 Å². The van der Waals surface area contributed by atoms with Crippen molar-refractivity contribution in [3.63, 3.8) is 0 Å². The summed E-state index contributed by atoms with van der Waals surface area (Å²) in [6.45, 7) is 2.14. The summed E-state index contributed by atoms with van der Waals surface area (Å²) in [5.74, 6) is 0. The van der Waals surface area contributed by atoms with Crippen LogP contribution < -0.4 is 5.32 Å². The molecule has 2 aromatic rings. The molecular formula is C10H11NS. The molecular weight excluding hydrogens is 166 g/mol. The Morgan fingerprint density at radius 2 is 2.08 bits per heavy atom. The van der Waals surface area contributed by atoms with E-state index >= 15 is 0 Å². The third-order valence-corrected chi connectivity index (χ3v) is 2.95. The largest absolute Gasteiger partial charge is 0.388 e. The Morgan fingerprint density at radius 3 is 2.83 bits per heavy atom. The Kier molecular flexibility index (Phi) is 1.77. The van der Waals surface area contributed by atoms with Crippen molar-refractivity contribution in [2.75, 3.05) is 12.4 Å². The zero-order valence-electron chi connectivity index (χ0n) is 7.22. The third-order valence-electron chi connectivity index (χ3n) is 1.93. The van der Waals surface area contributed by atoms with Gasteiger partial charge in [0.2, 0.25) is 0 Å². The predicted octanol–water partition coefficient (Wildman–Crippen LogP) is 3.25. The number of benzene rings is 1. The average Bonchev–Trinajstić information content (AvgIpc) is 2.43. The van der Waals surface area contributed by atoms with Gasteiger partial charge in [-0.2, -0.15) is 0 Å². The standard InChI is InChI=1S/C10H11NS/c1-7-5-8-3-4-9(11-2)6-10(8)12-7/h3-6,11H,1-2H3. The molecule has 62 valence electrons. The van der Waals surface area contributed by atoms with Crippen molar-refractivity contribution in [3.8, 4) is 0 Å². The summed E-state index contributed by atoms with van der Waals surface area (Å²) in [5.41, 5.74) is 1.18. The number of hydrogen-bond donors (Lipinski definition) is 1. The van der Waals surface area contributed by atoms with Gasteiger partial charge in [0.15, 0.2) is 0 Å². The van der Waals surface area contributed by atoms with Crippen LogP contribution in [0, 0.1) is 6.92 Å². The van der Waals surface area contributed by atoms with E-state index in [1.165, 1.54) is 20.7 Å². The van der Waals surface area contributed by atoms with Crippen molar-refractivity contribution >= 4 is 27.1 Å². The zero-order valence-corrected chi connectivity index (χ0v) is 8.03. The first-order chi connectivity index (χ1) is 5.79. The van der Waals surface area contributed by atoms with Crippen LogP contribution in [0.15, 0.2) is 24.3 Å². The maximum absolute atomic E-state index is 3.14. The van der Waals surface area contributed by atoms with Crippen molar-refractivity contribution in [2.45, 2.75) is 6.92 Å². The summed E-state index contributed by atoms with van der Waals surface area (Å²) < 4.78 is 1.36. The fourth-order valence-corrected chi connectivity index (χ4v) is 2.28. The molecule has 0 aliphatic heterocycles. The van der Waals surface area contributed by atoms with Crippen LogP contribution in [0.4, 0.5) is 5.69 Å². The van der Waals surface area contributed by atoms with Crippen LogP contribution >= 0.6 is 11.3 Å². The van der Waals surface area contributed by atoms with E-state index in [9.17, 15) is 0 Å². The van der Waals surface area contributed by atoms with Gasteiger partial charge in [-0.15, -0.1) is 11.3 Å². The van der Waals surface area contributed by atoms with E-state index in [1.807, 2.05) is 18.4 Å². The van der Waals surface area contributed by atoms with Crippen LogP contribution in [0.5, 0.6) is 0 Å². The second-order valence-electron chi connectivity index (χ2n) is 2.86. The molecule has 1 nitrogen and oxygen atoms in total. The molecule has 1 N–H and O–H groups in total. The summed E-state index contributed by atoms with van der Waals surface area (Å²) >= 11 is 1.84. The molecule has 1 heterocycles. The van der Waals surface area contributed by atoms with Gasteiger partial charge in [-0.25, -0.2) is 0 Å². The van der Waals surface area contributed by atoms with Crippen molar-refractivity contribution < 1.29 is 0 Å². The highest BCUT2D eigenvalue weighted by Crippen LogP contribution is 2.27. The Hall–Kier alpha value is -1.02. The van der Waals surface area contributed by atoms with Gasteiger partial charge in [-0.1, -0.05) is 6.07 Å². The van der Waals surface area contributed by atoms with Crippen molar-refractivity contribution in [1.29, 1.82) is 0 Å². The molecule has 0 bridgehead atoms. The summed E-state index contributed by atoms with van der Waals surface area (Å²) in [7, 11) is 1.95. The molecule has 0 saturated carbocycles. The lowest BCUT2D eigenvalue weighted by atomic mass is 10.2. The number of nitrogens with one attached hydrogen (secondary N) is 1. The predicted molar refractivity (Wildman–Crippen MR) is 56.1 cm³/mol. The molecule has 0 amide bonds. The van der Waals surface area contributed by atoms with E-state index in [0.29, 0.717) is 0 Å². The van der Waals surface area contributed by atoms with Gasteiger partial charge in [0.25, 0.3) is 0 Å². The van der Waals surface area contributed by atoms with Crippen molar-refractivity contribution in [1.82, 2.24) is 0 Å². The second-order valence-corrected chi connectivity index (χ2v) is 4.15. The minimum atomic E-state index is 1.18. The molecule has 0 fully saturated rings. The molecule has 0 spiro atoms. The molecule has 0 saturated heterocycles. The van der Waals surface area contributed by atoms with Crippen LogP contribution in [0.25, 0.3) is 10.1 Å². The monoisotopic (exact) mass is 177 g/mol. The first kappa shape index (κ1) is 7.62. The van der Waals surface area contributed by atoms with Crippen LogP contribution in [0.2, 0.25) is 0 Å². The van der Waals surface area contributed by atoms with E-state index < -0.39 is 0 Å². The van der Waals surface area contributed by atoms with Gasteiger partial charge in [0, 0.05) is 22.3 Å². The normalized spacial score (nSPS) is 10.5. The number of anilines is 1. The van der Waals surface area contributed by atoms with E-state index in [-0.39, 0.29) is 0 Å². The van der Waals surface area contributed by atoms with Gasteiger partial charge in [0.05, 0.1) is 0 Å². The molecule has 0 aliphatic carbocycles. The Morgan fingerprint density at radius 1 is 1.25 bits per heavy atom. The molecule has 0 atom stereocenters. The Balaban J connectivity index is 2.66. The fourth-order valence-electron chi connectivity index (χ4n) is 1.32. The van der Waals surface area contributed by atoms with Crippen molar-refractivity contribution in [3.05, 3.63) is 29.1 Å². The highest BCUT2D eigenvalue weighted by molar-refractivity contribution is 7.19. The molecule has 1 aromatic heterocycles. The lowest BCUT2D eigenvalue weighted by Crippen LogP contribution is -1.85. The van der Waals surface area contributed by atoms with Crippen LogP contribution in [0.3, 0.4) is 0 Å². The van der Waals surface area contributed by atoms with Crippen LogP contribution in [-0.2, 0) is 0 Å². The summed E-state index contributed by atoms with van der Waals surface area (Å²) in [6, 6.07) is 8.67. The highest BCUT2D eigenvalue weighted by Gasteiger charge is 1.97. The zero-order chi connectivity index (χ0) is 8.55. The van der Waals surface area contributed by atoms with E-state index in [4.69, 9.17) is 0 Å². The van der Waals surface area contributed by atoms with E-state index in [0.717, 1.165) is 0 Å². The number of aryl methyl sites for hydroxylation is 1. The second kappa shape index (κ2) is 2.79. The van der Waals surface area contributed by atoms with Crippen LogP contribution in [0.1, 0.15) is 4.88 Å². The topological polar surface area (TPSA) is 12.0 Å². The molecule has 2 heteroatoms. The quantitative estimate of drug-likeness (QED) is 0.705. The molecule has 12 heavy (non-hydrogen) atoms. The first-order valence-corrected chi connectivity index (χ1v) is 4.79. The maximum atomic E-state index is 3.14. The summed E-state index contributed by atoms with van der Waals surface area (Å²) in [6.07, 6.45) is 0. The SMILES string of the molecule is CNc1ccc2cc(C)sc2c1.